The molecule has 1 aromatic heterocycles. The molecule has 1 aromatic carbocycles. The molecule has 2 atom stereocenters. The SMILES string of the molecule is COc1ccc(-c2nc(SCC(=O)N[C@@H]3CCCC[C@@H]3C)[nH]c(=O)c2C#N)cc1. The fourth-order valence-electron chi connectivity index (χ4n) is 3.50. The molecular weight excluding hydrogens is 388 g/mol. The number of aromatic nitrogens is 2. The number of nitrogens with one attached hydrogen (secondary N) is 2. The normalized spacial score (nSPS) is 18.7. The van der Waals surface area contributed by atoms with Gasteiger partial charge in [-0.2, -0.15) is 5.26 Å². The molecule has 1 heterocycles. The van der Waals surface area contributed by atoms with E-state index in [1.165, 1.54) is 6.42 Å². The van der Waals surface area contributed by atoms with Gasteiger partial charge in [-0.1, -0.05) is 31.5 Å². The fourth-order valence-corrected chi connectivity index (χ4v) is 4.17. The Labute approximate surface area is 173 Å². The van der Waals surface area contributed by atoms with Crippen molar-refractivity contribution in [1.82, 2.24) is 15.3 Å². The highest BCUT2D eigenvalue weighted by Gasteiger charge is 2.23. The number of ether oxygens (including phenoxy) is 1. The Morgan fingerprint density at radius 3 is 2.72 bits per heavy atom. The first-order valence-electron chi connectivity index (χ1n) is 9.63. The molecule has 3 rings (SSSR count). The maximum Gasteiger partial charge on any atom is 0.270 e. The first kappa shape index (κ1) is 20.9. The number of thioether (sulfide) groups is 1. The Balaban J connectivity index is 1.74. The first-order chi connectivity index (χ1) is 14.0. The predicted octanol–water partition coefficient (Wildman–Crippen LogP) is 3.10. The number of amides is 1. The number of benzene rings is 1. The second kappa shape index (κ2) is 9.61. The van der Waals surface area contributed by atoms with E-state index in [1.54, 1.807) is 31.4 Å². The molecule has 7 nitrogen and oxygen atoms in total. The molecule has 0 spiro atoms. The van der Waals surface area contributed by atoms with Gasteiger partial charge in [0.25, 0.3) is 5.56 Å². The zero-order valence-corrected chi connectivity index (χ0v) is 17.3. The van der Waals surface area contributed by atoms with Gasteiger partial charge in [-0.15, -0.1) is 0 Å². The van der Waals surface area contributed by atoms with Crippen molar-refractivity contribution < 1.29 is 9.53 Å². The van der Waals surface area contributed by atoms with Crippen LogP contribution in [0.4, 0.5) is 0 Å². The minimum atomic E-state index is -0.517. The highest BCUT2D eigenvalue weighted by molar-refractivity contribution is 7.99. The third-order valence-corrected chi connectivity index (χ3v) is 6.04. The zero-order valence-electron chi connectivity index (χ0n) is 16.5. The summed E-state index contributed by atoms with van der Waals surface area (Å²) in [6, 6.07) is 9.09. The van der Waals surface area contributed by atoms with E-state index in [-0.39, 0.29) is 23.3 Å². The van der Waals surface area contributed by atoms with Gasteiger partial charge in [-0.05, 0) is 43.0 Å². The maximum absolute atomic E-state index is 12.3. The smallest absolute Gasteiger partial charge is 0.270 e. The van der Waals surface area contributed by atoms with Crippen LogP contribution in [0.15, 0.2) is 34.2 Å². The van der Waals surface area contributed by atoms with Crippen molar-refractivity contribution in [2.75, 3.05) is 12.9 Å². The van der Waals surface area contributed by atoms with Crippen LogP contribution in [0.1, 0.15) is 38.2 Å². The number of hydrogen-bond donors (Lipinski definition) is 2. The first-order valence-corrected chi connectivity index (χ1v) is 10.6. The molecule has 1 aliphatic carbocycles. The number of aromatic amines is 1. The summed E-state index contributed by atoms with van der Waals surface area (Å²) in [7, 11) is 1.56. The van der Waals surface area contributed by atoms with Crippen LogP contribution in [0.3, 0.4) is 0 Å². The lowest BCUT2D eigenvalue weighted by Gasteiger charge is -2.29. The van der Waals surface area contributed by atoms with Crippen LogP contribution >= 0.6 is 11.8 Å². The summed E-state index contributed by atoms with van der Waals surface area (Å²) in [6.07, 6.45) is 4.49. The Hall–Kier alpha value is -2.79. The molecule has 152 valence electrons. The van der Waals surface area contributed by atoms with Crippen LogP contribution in [0.2, 0.25) is 0 Å². The number of rotatable bonds is 6. The second-order valence-corrected chi connectivity index (χ2v) is 8.12. The average Bonchev–Trinajstić information content (AvgIpc) is 2.73. The lowest BCUT2D eigenvalue weighted by atomic mass is 9.86. The molecule has 1 amide bonds. The lowest BCUT2D eigenvalue weighted by molar-refractivity contribution is -0.119. The number of methoxy groups -OCH3 is 1. The predicted molar refractivity (Wildman–Crippen MR) is 112 cm³/mol. The van der Waals surface area contributed by atoms with Crippen molar-refractivity contribution in [1.29, 1.82) is 5.26 Å². The van der Waals surface area contributed by atoms with Crippen LogP contribution in [0, 0.1) is 17.2 Å². The molecule has 1 aliphatic rings. The molecule has 29 heavy (non-hydrogen) atoms. The monoisotopic (exact) mass is 412 g/mol. The minimum absolute atomic E-state index is 0.0556. The minimum Gasteiger partial charge on any atom is -0.497 e. The van der Waals surface area contributed by atoms with Crippen molar-refractivity contribution in [3.63, 3.8) is 0 Å². The van der Waals surface area contributed by atoms with Crippen LogP contribution < -0.4 is 15.6 Å². The van der Waals surface area contributed by atoms with E-state index in [4.69, 9.17) is 4.74 Å². The van der Waals surface area contributed by atoms with Crippen LogP contribution in [0.25, 0.3) is 11.3 Å². The van der Waals surface area contributed by atoms with Crippen LogP contribution in [-0.4, -0.2) is 34.8 Å². The van der Waals surface area contributed by atoms with Crippen molar-refractivity contribution in [3.8, 4) is 23.1 Å². The Morgan fingerprint density at radius 2 is 2.07 bits per heavy atom. The zero-order chi connectivity index (χ0) is 20.8. The number of carbonyl (C=O) groups is 1. The Morgan fingerprint density at radius 1 is 1.34 bits per heavy atom. The van der Waals surface area contributed by atoms with E-state index in [0.29, 0.717) is 28.1 Å². The average molecular weight is 413 g/mol. The molecule has 2 aromatic rings. The van der Waals surface area contributed by atoms with E-state index < -0.39 is 5.56 Å². The van der Waals surface area contributed by atoms with Gasteiger partial charge in [0.05, 0.1) is 18.6 Å². The van der Waals surface area contributed by atoms with E-state index in [2.05, 4.69) is 22.2 Å². The van der Waals surface area contributed by atoms with Crippen LogP contribution in [-0.2, 0) is 4.79 Å². The van der Waals surface area contributed by atoms with Gasteiger partial charge in [0.2, 0.25) is 5.91 Å². The maximum atomic E-state index is 12.3. The van der Waals surface area contributed by atoms with E-state index >= 15 is 0 Å². The Kier molecular flexibility index (Phi) is 6.94. The highest BCUT2D eigenvalue weighted by Crippen LogP contribution is 2.25. The molecule has 0 unspecified atom stereocenters. The summed E-state index contributed by atoms with van der Waals surface area (Å²) in [6.45, 7) is 2.16. The highest BCUT2D eigenvalue weighted by atomic mass is 32.2. The number of nitrogens with zero attached hydrogens (tertiary/aromatic N) is 2. The van der Waals surface area contributed by atoms with Crippen molar-refractivity contribution >= 4 is 17.7 Å². The lowest BCUT2D eigenvalue weighted by Crippen LogP contribution is -2.41. The van der Waals surface area contributed by atoms with E-state index in [9.17, 15) is 14.9 Å². The molecule has 2 N–H and O–H groups in total. The van der Waals surface area contributed by atoms with Gasteiger partial charge in [0.1, 0.15) is 17.4 Å². The van der Waals surface area contributed by atoms with Gasteiger partial charge in [-0.25, -0.2) is 4.98 Å². The van der Waals surface area contributed by atoms with Gasteiger partial charge in [0, 0.05) is 11.6 Å². The van der Waals surface area contributed by atoms with Crippen molar-refractivity contribution in [3.05, 3.63) is 40.2 Å². The molecule has 0 aliphatic heterocycles. The molecular formula is C21H24N4O3S. The third kappa shape index (κ3) is 5.18. The third-order valence-electron chi connectivity index (χ3n) is 5.17. The summed E-state index contributed by atoms with van der Waals surface area (Å²) in [5.41, 5.74) is 0.357. The quantitative estimate of drug-likeness (QED) is 0.558. The molecule has 0 saturated heterocycles. The Bertz CT molecular complexity index is 965. The standard InChI is InChI=1S/C21H24N4O3S/c1-13-5-3-4-6-17(13)23-18(26)12-29-21-24-19(16(11-22)20(27)25-21)14-7-9-15(28-2)10-8-14/h7-10,13,17H,3-6,12H2,1-2H3,(H,23,26)(H,24,25,27)/t13-,17+/m0/s1. The molecule has 0 bridgehead atoms. The largest absolute Gasteiger partial charge is 0.497 e. The van der Waals surface area contributed by atoms with Gasteiger partial charge in [-0.3, -0.25) is 9.59 Å². The summed E-state index contributed by atoms with van der Waals surface area (Å²) >= 11 is 1.16. The van der Waals surface area contributed by atoms with Gasteiger partial charge >= 0.3 is 0 Å². The van der Waals surface area contributed by atoms with Crippen LogP contribution in [0.5, 0.6) is 5.75 Å². The van der Waals surface area contributed by atoms with E-state index in [1.807, 2.05) is 6.07 Å². The number of hydrogen-bond acceptors (Lipinski definition) is 6. The second-order valence-electron chi connectivity index (χ2n) is 7.16. The number of carbonyl (C=O) groups excluding carboxylic acids is 1. The summed E-state index contributed by atoms with van der Waals surface area (Å²) < 4.78 is 5.14. The van der Waals surface area contributed by atoms with E-state index in [0.717, 1.165) is 31.0 Å². The number of H-pyrrole nitrogens is 1. The topological polar surface area (TPSA) is 108 Å². The molecule has 1 saturated carbocycles. The fraction of sp³-hybridized carbons (Fsp3) is 0.429. The summed E-state index contributed by atoms with van der Waals surface area (Å²) in [5, 5.41) is 12.8. The van der Waals surface area contributed by atoms with Crippen molar-refractivity contribution in [2.24, 2.45) is 5.92 Å². The molecule has 8 heteroatoms. The summed E-state index contributed by atoms with van der Waals surface area (Å²) in [4.78, 5) is 31.7. The van der Waals surface area contributed by atoms with Gasteiger partial charge in [0.15, 0.2) is 5.16 Å². The van der Waals surface area contributed by atoms with Crippen molar-refractivity contribution in [2.45, 2.75) is 43.8 Å². The molecule has 1 fully saturated rings. The summed E-state index contributed by atoms with van der Waals surface area (Å²) in [5.74, 6) is 1.22. The van der Waals surface area contributed by atoms with Gasteiger partial charge < -0.3 is 15.0 Å². The number of nitriles is 1. The molecule has 0 radical (unpaired) electrons.